The third-order valence-electron chi connectivity index (χ3n) is 4.32. The molecule has 0 spiro atoms. The van der Waals surface area contributed by atoms with Crippen LogP contribution in [0.2, 0.25) is 0 Å². The van der Waals surface area contributed by atoms with Gasteiger partial charge in [-0.3, -0.25) is 9.69 Å². The molecular formula is C21H27FN2O3. The van der Waals surface area contributed by atoms with Crippen molar-refractivity contribution in [1.29, 1.82) is 0 Å². The minimum atomic E-state index is -0.253. The van der Waals surface area contributed by atoms with E-state index < -0.39 is 0 Å². The van der Waals surface area contributed by atoms with Gasteiger partial charge >= 0.3 is 0 Å². The van der Waals surface area contributed by atoms with Crippen molar-refractivity contribution in [2.75, 3.05) is 33.9 Å². The fourth-order valence-corrected chi connectivity index (χ4v) is 2.77. The maximum atomic E-state index is 12.9. The standard InChI is InChI=1S/C21H27FN2O3/c1-4-24(14-17-7-10-19(26-2)20(13-17)27-3)15-21(25)23-12-11-16-5-8-18(22)9-6-16/h5-10,13H,4,11-12,14-15H2,1-3H3,(H,23,25). The summed E-state index contributed by atoms with van der Waals surface area (Å²) < 4.78 is 23.5. The zero-order valence-electron chi connectivity index (χ0n) is 16.1. The van der Waals surface area contributed by atoms with Crippen molar-refractivity contribution < 1.29 is 18.7 Å². The van der Waals surface area contributed by atoms with E-state index in [0.717, 1.165) is 17.7 Å². The Morgan fingerprint density at radius 2 is 1.70 bits per heavy atom. The van der Waals surface area contributed by atoms with Gasteiger partial charge in [-0.05, 0) is 48.4 Å². The number of carbonyl (C=O) groups is 1. The summed E-state index contributed by atoms with van der Waals surface area (Å²) in [6.45, 7) is 4.25. The molecule has 1 amide bonds. The molecule has 146 valence electrons. The first kappa shape index (κ1) is 20.7. The lowest BCUT2D eigenvalue weighted by atomic mass is 10.1. The molecule has 0 heterocycles. The van der Waals surface area contributed by atoms with Crippen LogP contribution >= 0.6 is 0 Å². The molecule has 2 aromatic rings. The second-order valence-electron chi connectivity index (χ2n) is 6.22. The van der Waals surface area contributed by atoms with Crippen molar-refractivity contribution in [2.45, 2.75) is 19.9 Å². The lowest BCUT2D eigenvalue weighted by Gasteiger charge is -2.20. The maximum absolute atomic E-state index is 12.9. The van der Waals surface area contributed by atoms with Crippen LogP contribution in [0.4, 0.5) is 4.39 Å². The van der Waals surface area contributed by atoms with Gasteiger partial charge in [-0.1, -0.05) is 25.1 Å². The van der Waals surface area contributed by atoms with Gasteiger partial charge in [-0.15, -0.1) is 0 Å². The molecule has 0 bridgehead atoms. The van der Waals surface area contributed by atoms with Gasteiger partial charge in [0.25, 0.3) is 0 Å². The highest BCUT2D eigenvalue weighted by Gasteiger charge is 2.11. The van der Waals surface area contributed by atoms with E-state index in [4.69, 9.17) is 9.47 Å². The van der Waals surface area contributed by atoms with E-state index >= 15 is 0 Å². The largest absolute Gasteiger partial charge is 0.493 e. The Bertz CT molecular complexity index is 735. The van der Waals surface area contributed by atoms with E-state index in [2.05, 4.69) is 10.2 Å². The molecule has 0 aliphatic rings. The van der Waals surface area contributed by atoms with E-state index in [0.29, 0.717) is 37.6 Å². The average molecular weight is 374 g/mol. The fraction of sp³-hybridized carbons (Fsp3) is 0.381. The Morgan fingerprint density at radius 1 is 1.04 bits per heavy atom. The highest BCUT2D eigenvalue weighted by molar-refractivity contribution is 5.78. The molecule has 2 aromatic carbocycles. The van der Waals surface area contributed by atoms with Gasteiger partial charge in [0, 0.05) is 13.1 Å². The fourth-order valence-electron chi connectivity index (χ4n) is 2.77. The number of amides is 1. The van der Waals surface area contributed by atoms with Gasteiger partial charge < -0.3 is 14.8 Å². The molecule has 27 heavy (non-hydrogen) atoms. The van der Waals surface area contributed by atoms with Gasteiger partial charge in [0.05, 0.1) is 20.8 Å². The number of carbonyl (C=O) groups excluding carboxylic acids is 1. The minimum Gasteiger partial charge on any atom is -0.493 e. The molecule has 6 heteroatoms. The SMILES string of the molecule is CCN(CC(=O)NCCc1ccc(F)cc1)Cc1ccc(OC)c(OC)c1. The number of nitrogens with one attached hydrogen (secondary N) is 1. The quantitative estimate of drug-likeness (QED) is 0.695. The molecule has 0 saturated heterocycles. The van der Waals surface area contributed by atoms with E-state index in [1.165, 1.54) is 12.1 Å². The topological polar surface area (TPSA) is 50.8 Å². The van der Waals surface area contributed by atoms with Crippen molar-refractivity contribution in [3.63, 3.8) is 0 Å². The molecule has 0 atom stereocenters. The number of methoxy groups -OCH3 is 2. The molecule has 0 aromatic heterocycles. The molecule has 0 fully saturated rings. The van der Waals surface area contributed by atoms with E-state index in [1.807, 2.05) is 25.1 Å². The third-order valence-corrected chi connectivity index (χ3v) is 4.32. The van der Waals surface area contributed by atoms with Crippen LogP contribution in [-0.4, -0.2) is 44.7 Å². The zero-order chi connectivity index (χ0) is 19.6. The van der Waals surface area contributed by atoms with Gasteiger partial charge in [-0.25, -0.2) is 4.39 Å². The van der Waals surface area contributed by atoms with Crippen molar-refractivity contribution in [2.24, 2.45) is 0 Å². The summed E-state index contributed by atoms with van der Waals surface area (Å²) in [5.41, 5.74) is 2.04. The van der Waals surface area contributed by atoms with Crippen LogP contribution in [0.15, 0.2) is 42.5 Å². The van der Waals surface area contributed by atoms with Crippen molar-refractivity contribution in [3.8, 4) is 11.5 Å². The first-order valence-electron chi connectivity index (χ1n) is 9.00. The summed E-state index contributed by atoms with van der Waals surface area (Å²) >= 11 is 0. The summed E-state index contributed by atoms with van der Waals surface area (Å²) in [7, 11) is 3.21. The van der Waals surface area contributed by atoms with Gasteiger partial charge in [0.15, 0.2) is 11.5 Å². The summed E-state index contributed by atoms with van der Waals surface area (Å²) in [5, 5.41) is 2.92. The highest BCUT2D eigenvalue weighted by atomic mass is 19.1. The normalized spacial score (nSPS) is 10.7. The smallest absolute Gasteiger partial charge is 0.234 e. The first-order chi connectivity index (χ1) is 13.0. The Morgan fingerprint density at radius 3 is 2.33 bits per heavy atom. The summed E-state index contributed by atoms with van der Waals surface area (Å²) in [6, 6.07) is 12.1. The molecule has 0 aliphatic carbocycles. The number of likely N-dealkylation sites (N-methyl/N-ethyl adjacent to an activating group) is 1. The number of ether oxygens (including phenoxy) is 2. The number of hydrogen-bond acceptors (Lipinski definition) is 4. The molecule has 1 N–H and O–H groups in total. The van der Waals surface area contributed by atoms with Crippen LogP contribution in [0, 0.1) is 5.82 Å². The van der Waals surface area contributed by atoms with E-state index in [9.17, 15) is 9.18 Å². The van der Waals surface area contributed by atoms with Crippen LogP contribution in [-0.2, 0) is 17.8 Å². The number of hydrogen-bond donors (Lipinski definition) is 1. The molecule has 0 saturated carbocycles. The highest BCUT2D eigenvalue weighted by Crippen LogP contribution is 2.27. The summed E-state index contributed by atoms with van der Waals surface area (Å²) in [6.07, 6.45) is 0.674. The number of rotatable bonds is 10. The van der Waals surface area contributed by atoms with E-state index in [1.54, 1.807) is 26.4 Å². The number of benzene rings is 2. The minimum absolute atomic E-state index is 0.0283. The Balaban J connectivity index is 1.83. The second-order valence-corrected chi connectivity index (χ2v) is 6.22. The Labute approximate surface area is 160 Å². The number of halogens is 1. The monoisotopic (exact) mass is 374 g/mol. The predicted octanol–water partition coefficient (Wildman–Crippen LogP) is 3.02. The summed E-state index contributed by atoms with van der Waals surface area (Å²) in [4.78, 5) is 14.3. The van der Waals surface area contributed by atoms with E-state index in [-0.39, 0.29) is 11.7 Å². The molecule has 0 radical (unpaired) electrons. The molecule has 2 rings (SSSR count). The van der Waals surface area contributed by atoms with Crippen LogP contribution in [0.3, 0.4) is 0 Å². The van der Waals surface area contributed by atoms with Crippen LogP contribution in [0.5, 0.6) is 11.5 Å². The Hall–Kier alpha value is -2.60. The van der Waals surface area contributed by atoms with Crippen LogP contribution in [0.1, 0.15) is 18.1 Å². The van der Waals surface area contributed by atoms with Crippen LogP contribution in [0.25, 0.3) is 0 Å². The van der Waals surface area contributed by atoms with Crippen molar-refractivity contribution >= 4 is 5.91 Å². The third kappa shape index (κ3) is 6.57. The predicted molar refractivity (Wildman–Crippen MR) is 104 cm³/mol. The van der Waals surface area contributed by atoms with Gasteiger partial charge in [-0.2, -0.15) is 0 Å². The van der Waals surface area contributed by atoms with Gasteiger partial charge in [0.2, 0.25) is 5.91 Å². The van der Waals surface area contributed by atoms with Crippen molar-refractivity contribution in [3.05, 3.63) is 59.4 Å². The summed E-state index contributed by atoms with van der Waals surface area (Å²) in [5.74, 6) is 1.08. The lowest BCUT2D eigenvalue weighted by Crippen LogP contribution is -2.37. The molecule has 5 nitrogen and oxygen atoms in total. The zero-order valence-corrected chi connectivity index (χ0v) is 16.1. The van der Waals surface area contributed by atoms with Crippen molar-refractivity contribution in [1.82, 2.24) is 10.2 Å². The average Bonchev–Trinajstić information content (AvgIpc) is 2.68. The number of nitrogens with zero attached hydrogens (tertiary/aromatic N) is 1. The molecule has 0 unspecified atom stereocenters. The van der Waals surface area contributed by atoms with Gasteiger partial charge in [0.1, 0.15) is 5.82 Å². The Kier molecular flexibility index (Phi) is 8.07. The molecule has 0 aliphatic heterocycles. The molecular weight excluding hydrogens is 347 g/mol. The maximum Gasteiger partial charge on any atom is 0.234 e. The van der Waals surface area contributed by atoms with Crippen LogP contribution < -0.4 is 14.8 Å². The first-order valence-corrected chi connectivity index (χ1v) is 9.00. The lowest BCUT2D eigenvalue weighted by molar-refractivity contribution is -0.122. The second kappa shape index (κ2) is 10.5.